The summed E-state index contributed by atoms with van der Waals surface area (Å²) in [6, 6.07) is 3.84. The Morgan fingerprint density at radius 1 is 1.21 bits per heavy atom. The van der Waals surface area contributed by atoms with Gasteiger partial charge in [-0.1, -0.05) is 19.9 Å². The van der Waals surface area contributed by atoms with E-state index in [1.165, 1.54) is 12.1 Å². The summed E-state index contributed by atoms with van der Waals surface area (Å²) in [7, 11) is 0. The molecule has 0 fully saturated rings. The Hall–Kier alpha value is -1.56. The van der Waals surface area contributed by atoms with E-state index in [1.54, 1.807) is 4.68 Å². The zero-order valence-electron chi connectivity index (χ0n) is 11.1. The number of aryl methyl sites for hydroxylation is 2. The third kappa shape index (κ3) is 2.89. The fourth-order valence-electron chi connectivity index (χ4n) is 2.06. The molecular formula is C13H18F3N3. The van der Waals surface area contributed by atoms with Crippen molar-refractivity contribution in [3.8, 4) is 0 Å². The van der Waals surface area contributed by atoms with Crippen molar-refractivity contribution in [1.29, 1.82) is 0 Å². The lowest BCUT2D eigenvalue weighted by molar-refractivity contribution is -0.137. The summed E-state index contributed by atoms with van der Waals surface area (Å²) < 4.78 is 39.7. The normalized spacial score (nSPS) is 11.6. The topological polar surface area (TPSA) is 52.8 Å². The van der Waals surface area contributed by atoms with Crippen LogP contribution in [0.15, 0.2) is 18.2 Å². The van der Waals surface area contributed by atoms with Crippen LogP contribution in [-0.4, -0.2) is 9.78 Å². The lowest BCUT2D eigenvalue weighted by Crippen LogP contribution is -2.05. The van der Waals surface area contributed by atoms with E-state index in [2.05, 4.69) is 5.10 Å². The molecule has 0 radical (unpaired) electrons. The minimum Gasteiger partial charge on any atom is -0.344 e. The van der Waals surface area contributed by atoms with E-state index in [4.69, 9.17) is 0 Å². The molecule has 106 valence electrons. The molecule has 3 nitrogen and oxygen atoms in total. The fourth-order valence-corrected chi connectivity index (χ4v) is 2.06. The monoisotopic (exact) mass is 273 g/mol. The predicted molar refractivity (Wildman–Crippen MR) is 69.4 cm³/mol. The lowest BCUT2D eigenvalue weighted by atomic mass is 10.1. The predicted octanol–water partition coefficient (Wildman–Crippen LogP) is 4.19. The molecule has 2 rings (SSSR count). The van der Waals surface area contributed by atoms with Crippen LogP contribution in [0, 0.1) is 0 Å². The van der Waals surface area contributed by atoms with E-state index in [0.29, 0.717) is 12.1 Å². The van der Waals surface area contributed by atoms with E-state index >= 15 is 0 Å². The summed E-state index contributed by atoms with van der Waals surface area (Å²) >= 11 is 0. The second kappa shape index (κ2) is 5.61. The molecule has 3 N–H and O–H groups in total. The van der Waals surface area contributed by atoms with E-state index in [0.717, 1.165) is 30.0 Å². The van der Waals surface area contributed by atoms with Gasteiger partial charge >= 0.3 is 6.18 Å². The maximum absolute atomic E-state index is 12.7. The van der Waals surface area contributed by atoms with E-state index in [-0.39, 0.29) is 6.15 Å². The number of hydrogen-bond donors (Lipinski definition) is 1. The maximum atomic E-state index is 12.7. The molecular weight excluding hydrogens is 255 g/mol. The van der Waals surface area contributed by atoms with Crippen molar-refractivity contribution in [2.24, 2.45) is 0 Å². The molecule has 0 amide bonds. The number of benzene rings is 1. The van der Waals surface area contributed by atoms with Gasteiger partial charge in [0.05, 0.1) is 16.8 Å². The average molecular weight is 273 g/mol. The number of alkyl halides is 3. The van der Waals surface area contributed by atoms with Crippen molar-refractivity contribution in [1.82, 2.24) is 15.9 Å². The Kier molecular flexibility index (Phi) is 4.57. The maximum Gasteiger partial charge on any atom is 0.416 e. The first-order valence-corrected chi connectivity index (χ1v) is 6.04. The first-order chi connectivity index (χ1) is 8.47. The Bertz CT molecular complexity index is 558. The van der Waals surface area contributed by atoms with Crippen LogP contribution >= 0.6 is 0 Å². The molecule has 2 aromatic rings. The fraction of sp³-hybridized carbons (Fsp3) is 0.462. The molecule has 0 spiro atoms. The number of rotatable bonds is 3. The van der Waals surface area contributed by atoms with Crippen LogP contribution in [-0.2, 0) is 19.1 Å². The van der Waals surface area contributed by atoms with Crippen molar-refractivity contribution in [2.45, 2.75) is 39.4 Å². The Balaban J connectivity index is 0.00000180. The van der Waals surface area contributed by atoms with Crippen molar-refractivity contribution >= 4 is 10.9 Å². The quantitative estimate of drug-likeness (QED) is 0.911. The van der Waals surface area contributed by atoms with Crippen LogP contribution in [0.3, 0.4) is 0 Å². The molecule has 19 heavy (non-hydrogen) atoms. The zero-order chi connectivity index (χ0) is 13.3. The number of fused-ring (bicyclic) bond motifs is 1. The molecule has 1 aromatic carbocycles. The summed E-state index contributed by atoms with van der Waals surface area (Å²) in [5.41, 5.74) is 0.811. The van der Waals surface area contributed by atoms with Crippen molar-refractivity contribution in [3.05, 3.63) is 29.5 Å². The minimum atomic E-state index is -4.30. The molecule has 1 heterocycles. The summed E-state index contributed by atoms with van der Waals surface area (Å²) in [6.07, 6.45) is -2.74. The Labute approximate surface area is 110 Å². The third-order valence-corrected chi connectivity index (χ3v) is 2.93. The number of aromatic nitrogens is 2. The number of halogens is 3. The van der Waals surface area contributed by atoms with Crippen LogP contribution in [0.25, 0.3) is 10.9 Å². The highest BCUT2D eigenvalue weighted by Crippen LogP contribution is 2.32. The summed E-state index contributed by atoms with van der Waals surface area (Å²) in [6.45, 7) is 4.57. The van der Waals surface area contributed by atoms with Gasteiger partial charge in [0.25, 0.3) is 0 Å². The highest BCUT2D eigenvalue weighted by atomic mass is 19.4. The van der Waals surface area contributed by atoms with Crippen LogP contribution in [0.5, 0.6) is 0 Å². The molecule has 0 bridgehead atoms. The van der Waals surface area contributed by atoms with Crippen molar-refractivity contribution < 1.29 is 13.2 Å². The molecule has 1 aromatic heterocycles. The first-order valence-electron chi connectivity index (χ1n) is 6.04. The molecule has 0 unspecified atom stereocenters. The molecule has 0 saturated heterocycles. The Morgan fingerprint density at radius 3 is 2.42 bits per heavy atom. The molecule has 0 atom stereocenters. The average Bonchev–Trinajstić information content (AvgIpc) is 2.66. The standard InChI is InChI=1S/C13H15F3N2.H3N/c1-3-7-18-12-8-9(13(14,15)16)5-6-10(12)11(4-2)17-18;/h5-6,8H,3-4,7H2,1-2H3;1H3. The minimum absolute atomic E-state index is 0. The first kappa shape index (κ1) is 15.5. The molecule has 0 aliphatic heterocycles. The van der Waals surface area contributed by atoms with Gasteiger partial charge in [-0.3, -0.25) is 4.68 Å². The van der Waals surface area contributed by atoms with Gasteiger partial charge in [0.2, 0.25) is 0 Å². The second-order valence-corrected chi connectivity index (χ2v) is 4.25. The van der Waals surface area contributed by atoms with E-state index < -0.39 is 11.7 Å². The van der Waals surface area contributed by atoms with Crippen molar-refractivity contribution in [3.63, 3.8) is 0 Å². The third-order valence-electron chi connectivity index (χ3n) is 2.93. The smallest absolute Gasteiger partial charge is 0.344 e. The van der Waals surface area contributed by atoms with Crippen molar-refractivity contribution in [2.75, 3.05) is 0 Å². The van der Waals surface area contributed by atoms with E-state index in [1.807, 2.05) is 13.8 Å². The number of hydrogen-bond acceptors (Lipinski definition) is 2. The highest BCUT2D eigenvalue weighted by molar-refractivity contribution is 5.82. The SMILES string of the molecule is CCCn1nc(CC)c2ccc(C(F)(F)F)cc21.N. The summed E-state index contributed by atoms with van der Waals surface area (Å²) in [5.74, 6) is 0. The van der Waals surface area contributed by atoms with Crippen LogP contribution < -0.4 is 6.15 Å². The Morgan fingerprint density at radius 2 is 1.89 bits per heavy atom. The largest absolute Gasteiger partial charge is 0.416 e. The highest BCUT2D eigenvalue weighted by Gasteiger charge is 2.31. The van der Waals surface area contributed by atoms with Gasteiger partial charge < -0.3 is 6.15 Å². The summed E-state index contributed by atoms with van der Waals surface area (Å²) in [4.78, 5) is 0. The van der Waals surface area contributed by atoms with Gasteiger partial charge in [0.15, 0.2) is 0 Å². The molecule has 0 aliphatic rings. The van der Waals surface area contributed by atoms with Gasteiger partial charge in [-0.25, -0.2) is 0 Å². The van der Waals surface area contributed by atoms with Gasteiger partial charge in [-0.15, -0.1) is 0 Å². The summed E-state index contributed by atoms with van der Waals surface area (Å²) in [5, 5.41) is 5.19. The molecule has 0 aliphatic carbocycles. The van der Waals surface area contributed by atoms with Gasteiger partial charge in [-0.2, -0.15) is 18.3 Å². The van der Waals surface area contributed by atoms with Gasteiger partial charge in [0, 0.05) is 11.9 Å². The van der Waals surface area contributed by atoms with Gasteiger partial charge in [-0.05, 0) is 25.0 Å². The van der Waals surface area contributed by atoms with Gasteiger partial charge in [0.1, 0.15) is 0 Å². The lowest BCUT2D eigenvalue weighted by Gasteiger charge is -2.07. The molecule has 0 saturated carbocycles. The second-order valence-electron chi connectivity index (χ2n) is 4.25. The molecule has 6 heteroatoms. The van der Waals surface area contributed by atoms with E-state index in [9.17, 15) is 13.2 Å². The van der Waals surface area contributed by atoms with Crippen LogP contribution in [0.4, 0.5) is 13.2 Å². The number of nitrogens with zero attached hydrogens (tertiary/aromatic N) is 2. The van der Waals surface area contributed by atoms with Crippen LogP contribution in [0.2, 0.25) is 0 Å². The van der Waals surface area contributed by atoms with Crippen LogP contribution in [0.1, 0.15) is 31.5 Å². The zero-order valence-corrected chi connectivity index (χ0v) is 11.1.